The van der Waals surface area contributed by atoms with E-state index in [0.717, 1.165) is 5.69 Å². The Hall–Kier alpha value is -2.29. The minimum Gasteiger partial charge on any atom is -0.441 e. The Morgan fingerprint density at radius 2 is 1.35 bits per heavy atom. The summed E-state index contributed by atoms with van der Waals surface area (Å²) >= 11 is 0. The molecule has 0 amide bonds. The lowest BCUT2D eigenvalue weighted by Gasteiger charge is -2.17. The predicted octanol–water partition coefficient (Wildman–Crippen LogP) is -0.121. The third kappa shape index (κ3) is 13.4. The second kappa shape index (κ2) is 21.8. The highest BCUT2D eigenvalue weighted by Gasteiger charge is 2.36. The van der Waals surface area contributed by atoms with Gasteiger partial charge in [0.2, 0.25) is 0 Å². The van der Waals surface area contributed by atoms with Crippen LogP contribution in [-0.4, -0.2) is 167 Å². The van der Waals surface area contributed by atoms with Gasteiger partial charge in [-0.05, 0) is 24.8 Å². The first-order valence-corrected chi connectivity index (χ1v) is 15.9. The average Bonchev–Trinajstić information content (AvgIpc) is 3.90. The monoisotopic (exact) mass is 680 g/mol. The molecule has 0 aromatic carbocycles. The van der Waals surface area contributed by atoms with Crippen LogP contribution in [-0.2, 0) is 60.5 Å². The lowest BCUT2D eigenvalue weighted by molar-refractivity contribution is -0.0522. The SMILES string of the molecule is [B][C@H]1CC(OC#C)[C@@H](COC)O1.[B][C@H]1CC(OC)[C@@H](CN=[N+]=[N-])O1.[B][C@H]1CC(OC)[C@@H](Cn2cc(COC3C[C@H]([B])O[C@@H]3COC)nn2)O1. The highest BCUT2D eigenvalue weighted by molar-refractivity contribution is 6.11. The molecule has 4 aliphatic heterocycles. The van der Waals surface area contributed by atoms with Gasteiger partial charge in [0.1, 0.15) is 67.6 Å². The Balaban J connectivity index is 0.000000226. The number of ether oxygens (including phenoxy) is 10. The Kier molecular flexibility index (Phi) is 18.3. The number of hydrogen-bond acceptors (Lipinski definition) is 13. The highest BCUT2D eigenvalue weighted by Crippen LogP contribution is 2.25. The van der Waals surface area contributed by atoms with Crippen LogP contribution in [0.3, 0.4) is 0 Å². The van der Waals surface area contributed by atoms with Gasteiger partial charge in [-0.1, -0.05) is 16.8 Å². The molecule has 262 valence electrons. The zero-order chi connectivity index (χ0) is 35.8. The summed E-state index contributed by atoms with van der Waals surface area (Å²) < 4.78 is 54.9. The molecule has 16 nitrogen and oxygen atoms in total. The van der Waals surface area contributed by atoms with Crippen molar-refractivity contribution in [3.63, 3.8) is 0 Å². The zero-order valence-corrected chi connectivity index (χ0v) is 28.5. The standard InChI is InChI=1S/C15H23B2N3O5.C8H11BO3.C6H10BN3O2/c1-21-8-13-11(4-15(17)25-13)23-7-9-5-20(19-18-9)6-12-10(22-2)3-14(16)24-12;1-3-11-6-4-8(9)12-7(6)5-10-2;1-11-4-2-6(7)12-5(4)3-9-10-8/h5,10-15H,3-4,6-8H2,1-2H3;1,6-8H,4-5H2,2H3;4-6H,2-3H2,1H3/t10?,11?,12-,13-,14-,15-;6?,7-,8-;4?,5-,6-/m111/s1. The molecule has 49 heavy (non-hydrogen) atoms. The van der Waals surface area contributed by atoms with E-state index >= 15 is 0 Å². The summed E-state index contributed by atoms with van der Waals surface area (Å²) in [7, 11) is 29.2. The normalized spacial score (nSPS) is 35.0. The first-order valence-electron chi connectivity index (χ1n) is 15.9. The van der Waals surface area contributed by atoms with Crippen molar-refractivity contribution in [2.75, 3.05) is 48.2 Å². The molecule has 0 spiro atoms. The van der Waals surface area contributed by atoms with Gasteiger partial charge in [0, 0.05) is 63.8 Å². The molecule has 4 aliphatic rings. The molecule has 0 saturated carbocycles. The van der Waals surface area contributed by atoms with Crippen LogP contribution < -0.4 is 0 Å². The van der Waals surface area contributed by atoms with Crippen molar-refractivity contribution >= 4 is 31.4 Å². The smallest absolute Gasteiger partial charge is 0.140 e. The van der Waals surface area contributed by atoms with E-state index in [2.05, 4.69) is 26.4 Å². The quantitative estimate of drug-likeness (QED) is 0.0841. The fraction of sp³-hybridized carbons (Fsp3) is 0.862. The van der Waals surface area contributed by atoms with E-state index in [9.17, 15) is 0 Å². The fourth-order valence-electron chi connectivity index (χ4n) is 5.81. The number of terminal acetylenes is 1. The summed E-state index contributed by atoms with van der Waals surface area (Å²) in [5.74, 6) is 0. The van der Waals surface area contributed by atoms with E-state index in [1.54, 1.807) is 33.1 Å². The number of aromatic nitrogens is 3. The highest BCUT2D eigenvalue weighted by atomic mass is 16.6. The predicted molar refractivity (Wildman–Crippen MR) is 178 cm³/mol. The number of azide groups is 1. The van der Waals surface area contributed by atoms with Crippen LogP contribution in [0, 0.1) is 12.5 Å². The third-order valence-corrected chi connectivity index (χ3v) is 8.13. The Labute approximate surface area is 293 Å². The molecule has 4 unspecified atom stereocenters. The van der Waals surface area contributed by atoms with Gasteiger partial charge >= 0.3 is 0 Å². The maximum atomic E-state index is 8.08. The Morgan fingerprint density at radius 3 is 1.90 bits per heavy atom. The van der Waals surface area contributed by atoms with Gasteiger partial charge in [0.15, 0.2) is 0 Å². The summed E-state index contributed by atoms with van der Waals surface area (Å²) in [4.78, 5) is 2.64. The Morgan fingerprint density at radius 1 is 0.837 bits per heavy atom. The number of rotatable bonds is 14. The number of nitrogens with zero attached hydrogens (tertiary/aromatic N) is 6. The molecule has 0 bridgehead atoms. The molecule has 20 heteroatoms. The molecular formula is C29H44B4N6O10. The van der Waals surface area contributed by atoms with Gasteiger partial charge in [0.25, 0.3) is 0 Å². The Bertz CT molecular complexity index is 1180. The van der Waals surface area contributed by atoms with E-state index in [1.807, 2.05) is 6.20 Å². The van der Waals surface area contributed by atoms with Gasteiger partial charge < -0.3 is 47.4 Å². The second-order valence-electron chi connectivity index (χ2n) is 11.7. The van der Waals surface area contributed by atoms with Gasteiger partial charge in [-0.3, -0.25) is 0 Å². The van der Waals surface area contributed by atoms with Crippen LogP contribution in [0.4, 0.5) is 0 Å². The largest absolute Gasteiger partial charge is 0.441 e. The molecule has 1 aromatic rings. The summed E-state index contributed by atoms with van der Waals surface area (Å²) in [6, 6.07) is -1.21. The van der Waals surface area contributed by atoms with Crippen LogP contribution in [0.2, 0.25) is 0 Å². The van der Waals surface area contributed by atoms with Crippen molar-refractivity contribution in [2.24, 2.45) is 5.11 Å². The van der Waals surface area contributed by atoms with Crippen molar-refractivity contribution < 1.29 is 47.4 Å². The number of methoxy groups -OCH3 is 4. The molecule has 5 heterocycles. The van der Waals surface area contributed by atoms with E-state index in [4.69, 9.17) is 90.7 Å². The van der Waals surface area contributed by atoms with Gasteiger partial charge in [-0.15, -0.1) is 5.10 Å². The molecule has 0 N–H and O–H groups in total. The molecule has 4 saturated heterocycles. The minimum atomic E-state index is -0.324. The first-order chi connectivity index (χ1) is 23.6. The topological polar surface area (TPSA) is 172 Å². The van der Waals surface area contributed by atoms with Crippen molar-refractivity contribution in [3.8, 4) is 12.5 Å². The van der Waals surface area contributed by atoms with Gasteiger partial charge in [-0.2, -0.15) is 0 Å². The zero-order valence-electron chi connectivity index (χ0n) is 28.5. The molecule has 0 aliphatic carbocycles. The summed E-state index contributed by atoms with van der Waals surface area (Å²) in [6.45, 7) is 2.05. The lowest BCUT2D eigenvalue weighted by Crippen LogP contribution is -2.29. The second-order valence-corrected chi connectivity index (χ2v) is 11.7. The van der Waals surface area contributed by atoms with Gasteiger partial charge in [-0.25, -0.2) is 4.68 Å². The molecule has 12 atom stereocenters. The van der Waals surface area contributed by atoms with Crippen molar-refractivity contribution in [1.82, 2.24) is 15.0 Å². The summed E-state index contributed by atoms with van der Waals surface area (Å²) in [5.41, 5.74) is 8.81. The molecule has 1 aromatic heterocycles. The third-order valence-electron chi connectivity index (χ3n) is 8.13. The molecule has 8 radical (unpaired) electrons. The fourth-order valence-corrected chi connectivity index (χ4v) is 5.81. The average molecular weight is 680 g/mol. The summed E-state index contributed by atoms with van der Waals surface area (Å²) in [5, 5.41) is 11.7. The minimum absolute atomic E-state index is 0.0363. The van der Waals surface area contributed by atoms with Crippen LogP contribution in [0.1, 0.15) is 31.4 Å². The van der Waals surface area contributed by atoms with E-state index in [-0.39, 0.29) is 79.4 Å². The van der Waals surface area contributed by atoms with Crippen LogP contribution >= 0.6 is 0 Å². The lowest BCUT2D eigenvalue weighted by atomic mass is 9.96. The van der Waals surface area contributed by atoms with E-state index in [0.29, 0.717) is 52.0 Å². The number of hydrogen-bond donors (Lipinski definition) is 0. The van der Waals surface area contributed by atoms with Gasteiger partial charge in [0.05, 0.1) is 63.5 Å². The van der Waals surface area contributed by atoms with Crippen LogP contribution in [0.5, 0.6) is 0 Å². The van der Waals surface area contributed by atoms with Crippen LogP contribution in [0.25, 0.3) is 10.4 Å². The van der Waals surface area contributed by atoms with Crippen LogP contribution in [0.15, 0.2) is 11.3 Å². The maximum Gasteiger partial charge on any atom is 0.140 e. The first kappa shape index (κ1) is 41.1. The van der Waals surface area contributed by atoms with Crippen molar-refractivity contribution in [2.45, 2.75) is 112 Å². The molecular weight excluding hydrogens is 636 g/mol. The molecule has 4 fully saturated rings. The van der Waals surface area contributed by atoms with Crippen molar-refractivity contribution in [1.29, 1.82) is 0 Å². The maximum absolute atomic E-state index is 8.08. The summed E-state index contributed by atoms with van der Waals surface area (Å²) in [6.07, 6.45) is 10.6. The van der Waals surface area contributed by atoms with E-state index in [1.165, 1.54) is 0 Å². The molecule has 5 rings (SSSR count). The van der Waals surface area contributed by atoms with E-state index < -0.39 is 0 Å². The van der Waals surface area contributed by atoms with Crippen molar-refractivity contribution in [3.05, 3.63) is 22.3 Å².